The standard InChI is InChI=1S/C15H25NO7/c1-3-4-5-12(19)16-7-10(18)13(20)14-8(2)9(17)6-11(23-14)15(21)22/h6,8-10,13-14,17-18,20H,3-5,7H2,1-2H3,(H,16,19)(H,21,22)/t8-,9?,10+,13+,14?/m1/s1. The molecule has 0 fully saturated rings. The van der Waals surface area contributed by atoms with Crippen LogP contribution in [0, 0.1) is 5.92 Å². The first kappa shape index (κ1) is 19.4. The molecule has 0 aliphatic carbocycles. The van der Waals surface area contributed by atoms with Crippen molar-refractivity contribution in [2.24, 2.45) is 5.92 Å². The molecule has 0 aromatic rings. The van der Waals surface area contributed by atoms with Crippen LogP contribution in [0.5, 0.6) is 0 Å². The van der Waals surface area contributed by atoms with Crippen LogP contribution in [0.2, 0.25) is 0 Å². The van der Waals surface area contributed by atoms with Gasteiger partial charge in [0.1, 0.15) is 18.3 Å². The highest BCUT2D eigenvalue weighted by Gasteiger charge is 2.40. The fourth-order valence-electron chi connectivity index (χ4n) is 2.28. The third-order valence-electron chi connectivity index (χ3n) is 3.85. The van der Waals surface area contributed by atoms with Crippen molar-refractivity contribution in [2.45, 2.75) is 57.5 Å². The number of carbonyl (C=O) groups excluding carboxylic acids is 1. The lowest BCUT2D eigenvalue weighted by molar-refractivity contribution is -0.149. The molecular weight excluding hydrogens is 306 g/mol. The van der Waals surface area contributed by atoms with Crippen molar-refractivity contribution in [3.05, 3.63) is 11.8 Å². The highest BCUT2D eigenvalue weighted by Crippen LogP contribution is 2.27. The summed E-state index contributed by atoms with van der Waals surface area (Å²) >= 11 is 0. The van der Waals surface area contributed by atoms with E-state index in [0.717, 1.165) is 18.9 Å². The average molecular weight is 331 g/mol. The van der Waals surface area contributed by atoms with E-state index >= 15 is 0 Å². The van der Waals surface area contributed by atoms with E-state index in [4.69, 9.17) is 9.84 Å². The number of aliphatic hydroxyl groups excluding tert-OH is 3. The lowest BCUT2D eigenvalue weighted by Crippen LogP contribution is -2.51. The van der Waals surface area contributed by atoms with Crippen molar-refractivity contribution < 1.29 is 34.8 Å². The Bertz CT molecular complexity index is 451. The summed E-state index contributed by atoms with van der Waals surface area (Å²) in [6.45, 7) is 3.34. The summed E-state index contributed by atoms with van der Waals surface area (Å²) in [6, 6.07) is 0. The van der Waals surface area contributed by atoms with E-state index in [2.05, 4.69) is 5.32 Å². The van der Waals surface area contributed by atoms with Crippen LogP contribution < -0.4 is 5.32 Å². The van der Waals surface area contributed by atoms with Crippen LogP contribution in [0.3, 0.4) is 0 Å². The minimum atomic E-state index is -1.45. The van der Waals surface area contributed by atoms with Gasteiger partial charge < -0.3 is 30.5 Å². The maximum atomic E-state index is 11.5. The number of aliphatic hydroxyl groups is 3. The molecule has 5 atom stereocenters. The molecule has 1 aliphatic heterocycles. The molecule has 1 heterocycles. The highest BCUT2D eigenvalue weighted by atomic mass is 16.5. The van der Waals surface area contributed by atoms with Gasteiger partial charge in [-0.3, -0.25) is 4.79 Å². The van der Waals surface area contributed by atoms with Crippen molar-refractivity contribution in [1.82, 2.24) is 5.32 Å². The van der Waals surface area contributed by atoms with Crippen LogP contribution in [0.15, 0.2) is 11.8 Å². The highest BCUT2D eigenvalue weighted by molar-refractivity contribution is 5.84. The zero-order chi connectivity index (χ0) is 17.6. The largest absolute Gasteiger partial charge is 0.480 e. The maximum Gasteiger partial charge on any atom is 0.370 e. The zero-order valence-corrected chi connectivity index (χ0v) is 13.3. The molecule has 5 N–H and O–H groups in total. The number of unbranched alkanes of at least 4 members (excludes halogenated alkanes) is 1. The quantitative estimate of drug-likeness (QED) is 0.400. The molecule has 8 heteroatoms. The molecule has 1 aliphatic rings. The Labute approximate surface area is 134 Å². The molecule has 0 saturated heterocycles. The molecule has 0 radical (unpaired) electrons. The van der Waals surface area contributed by atoms with E-state index in [1.807, 2.05) is 6.92 Å². The topological polar surface area (TPSA) is 136 Å². The number of nitrogens with one attached hydrogen (secondary N) is 1. The number of ether oxygens (including phenoxy) is 1. The third kappa shape index (κ3) is 5.49. The summed E-state index contributed by atoms with van der Waals surface area (Å²) in [6.07, 6.45) is -2.01. The molecule has 8 nitrogen and oxygen atoms in total. The molecule has 2 unspecified atom stereocenters. The average Bonchev–Trinajstić information content (AvgIpc) is 2.51. The van der Waals surface area contributed by atoms with Gasteiger partial charge in [0.15, 0.2) is 0 Å². The molecule has 1 rings (SSSR count). The van der Waals surface area contributed by atoms with Crippen LogP contribution >= 0.6 is 0 Å². The van der Waals surface area contributed by atoms with E-state index in [1.165, 1.54) is 0 Å². The number of hydrogen-bond donors (Lipinski definition) is 5. The summed E-state index contributed by atoms with van der Waals surface area (Å²) in [5, 5.41) is 41.4. The van der Waals surface area contributed by atoms with Gasteiger partial charge in [0.05, 0.1) is 6.10 Å². The predicted octanol–water partition coefficient (Wildman–Crippen LogP) is -0.621. The van der Waals surface area contributed by atoms with Gasteiger partial charge in [0.25, 0.3) is 0 Å². The molecule has 0 spiro atoms. The molecule has 0 aromatic carbocycles. The molecule has 0 bridgehead atoms. The van der Waals surface area contributed by atoms with Gasteiger partial charge in [0, 0.05) is 18.9 Å². The smallest absolute Gasteiger partial charge is 0.370 e. The predicted molar refractivity (Wildman–Crippen MR) is 80.3 cm³/mol. The minimum absolute atomic E-state index is 0.182. The van der Waals surface area contributed by atoms with Gasteiger partial charge in [-0.15, -0.1) is 0 Å². The Morgan fingerprint density at radius 1 is 1.39 bits per heavy atom. The van der Waals surface area contributed by atoms with Crippen LogP contribution in [-0.2, 0) is 14.3 Å². The second-order valence-electron chi connectivity index (χ2n) is 5.73. The van der Waals surface area contributed by atoms with Crippen molar-refractivity contribution in [2.75, 3.05) is 6.54 Å². The Morgan fingerprint density at radius 3 is 2.61 bits per heavy atom. The van der Waals surface area contributed by atoms with Crippen molar-refractivity contribution in [1.29, 1.82) is 0 Å². The van der Waals surface area contributed by atoms with Crippen LogP contribution in [0.1, 0.15) is 33.1 Å². The van der Waals surface area contributed by atoms with E-state index in [0.29, 0.717) is 6.42 Å². The van der Waals surface area contributed by atoms with Gasteiger partial charge in [0.2, 0.25) is 11.7 Å². The van der Waals surface area contributed by atoms with Gasteiger partial charge in [-0.1, -0.05) is 20.3 Å². The monoisotopic (exact) mass is 331 g/mol. The van der Waals surface area contributed by atoms with Gasteiger partial charge in [-0.2, -0.15) is 0 Å². The van der Waals surface area contributed by atoms with Crippen LogP contribution in [0.4, 0.5) is 0 Å². The van der Waals surface area contributed by atoms with E-state index in [9.17, 15) is 24.9 Å². The number of carbonyl (C=O) groups is 2. The van der Waals surface area contributed by atoms with Crippen molar-refractivity contribution in [3.8, 4) is 0 Å². The summed E-state index contributed by atoms with van der Waals surface area (Å²) < 4.78 is 5.16. The van der Waals surface area contributed by atoms with Crippen LogP contribution in [-0.4, -0.2) is 63.3 Å². The first-order chi connectivity index (χ1) is 10.8. The first-order valence-electron chi connectivity index (χ1n) is 7.70. The Hall–Kier alpha value is -1.64. The van der Waals surface area contributed by atoms with Crippen LogP contribution in [0.25, 0.3) is 0 Å². The second kappa shape index (κ2) is 8.85. The van der Waals surface area contributed by atoms with E-state index in [-0.39, 0.29) is 12.5 Å². The number of carboxylic acids is 1. The van der Waals surface area contributed by atoms with Gasteiger partial charge in [-0.25, -0.2) is 4.79 Å². The Morgan fingerprint density at radius 2 is 2.04 bits per heavy atom. The summed E-state index contributed by atoms with van der Waals surface area (Å²) in [4.78, 5) is 22.5. The number of carboxylic acid groups (broad SMARTS) is 1. The van der Waals surface area contributed by atoms with Crippen molar-refractivity contribution in [3.63, 3.8) is 0 Å². The number of amides is 1. The molecule has 0 saturated carbocycles. The van der Waals surface area contributed by atoms with E-state index < -0.39 is 42.1 Å². The third-order valence-corrected chi connectivity index (χ3v) is 3.85. The van der Waals surface area contributed by atoms with Gasteiger partial charge >= 0.3 is 5.97 Å². The number of hydrogen-bond acceptors (Lipinski definition) is 6. The number of rotatable bonds is 8. The summed E-state index contributed by atoms with van der Waals surface area (Å²) in [5.74, 6) is -2.69. The maximum absolute atomic E-state index is 11.5. The number of aliphatic carboxylic acids is 1. The lowest BCUT2D eigenvalue weighted by Gasteiger charge is -2.36. The van der Waals surface area contributed by atoms with Gasteiger partial charge in [-0.05, 0) is 12.5 Å². The van der Waals surface area contributed by atoms with Crippen molar-refractivity contribution >= 4 is 11.9 Å². The molecule has 132 valence electrons. The second-order valence-corrected chi connectivity index (χ2v) is 5.73. The summed E-state index contributed by atoms with van der Waals surface area (Å²) in [5.41, 5.74) is 0. The molecule has 1 amide bonds. The molecular formula is C15H25NO7. The lowest BCUT2D eigenvalue weighted by atomic mass is 9.89. The van der Waals surface area contributed by atoms with E-state index in [1.54, 1.807) is 6.92 Å². The SMILES string of the molecule is CCCCC(=O)NC[C@H](O)[C@H](O)C1OC(C(=O)O)=CC(O)[C@H]1C. The summed E-state index contributed by atoms with van der Waals surface area (Å²) in [7, 11) is 0. The minimum Gasteiger partial charge on any atom is -0.480 e. The zero-order valence-electron chi connectivity index (χ0n) is 13.3. The molecule has 0 aromatic heterocycles. The Kier molecular flexibility index (Phi) is 7.47. The first-order valence-corrected chi connectivity index (χ1v) is 7.70. The normalized spacial score (nSPS) is 26.7. The fourth-order valence-corrected chi connectivity index (χ4v) is 2.28. The fraction of sp³-hybridized carbons (Fsp3) is 0.733. The Balaban J connectivity index is 2.61. The molecule has 23 heavy (non-hydrogen) atoms.